The summed E-state index contributed by atoms with van der Waals surface area (Å²) in [4.78, 5) is 14.5. The lowest BCUT2D eigenvalue weighted by atomic mass is 10.2. The van der Waals surface area contributed by atoms with Gasteiger partial charge < -0.3 is 5.32 Å². The van der Waals surface area contributed by atoms with Crippen LogP contribution in [0.1, 0.15) is 5.56 Å². The third-order valence-corrected chi connectivity index (χ3v) is 1.78. The molecule has 0 aliphatic heterocycles. The Morgan fingerprint density at radius 3 is 3.08 bits per heavy atom. The zero-order chi connectivity index (χ0) is 8.81. The van der Waals surface area contributed by atoms with Gasteiger partial charge in [-0.3, -0.25) is 9.78 Å². The fourth-order valence-corrected chi connectivity index (χ4v) is 1.12. The quantitative estimate of drug-likeness (QED) is 0.519. The molecule has 1 heterocycles. The van der Waals surface area contributed by atoms with Crippen molar-refractivity contribution in [2.45, 2.75) is 6.42 Å². The Hall–Kier alpha value is -0.650. The lowest BCUT2D eigenvalue weighted by Crippen LogP contribution is -2.18. The highest BCUT2D eigenvalue weighted by Gasteiger charge is 1.93. The molecular weight excluding hydrogens is 267 g/mol. The highest BCUT2D eigenvalue weighted by molar-refractivity contribution is 14.1. The molecule has 0 aliphatic rings. The normalized spacial score (nSPS) is 9.42. The van der Waals surface area contributed by atoms with E-state index < -0.39 is 0 Å². The fraction of sp³-hybridized carbons (Fsp3) is 0.250. The molecule has 3 nitrogen and oxygen atoms in total. The highest BCUT2D eigenvalue weighted by atomic mass is 127. The van der Waals surface area contributed by atoms with Gasteiger partial charge >= 0.3 is 0 Å². The van der Waals surface area contributed by atoms with Crippen LogP contribution in [0, 0.1) is 0 Å². The molecule has 1 aromatic rings. The molecule has 0 spiro atoms. The average Bonchev–Trinajstić information content (AvgIpc) is 2.05. The number of halogens is 1. The molecule has 4 heteroatoms. The van der Waals surface area contributed by atoms with E-state index in [2.05, 4.69) is 10.3 Å². The molecular formula is C8H9IN2O. The van der Waals surface area contributed by atoms with E-state index in [-0.39, 0.29) is 3.91 Å². The summed E-state index contributed by atoms with van der Waals surface area (Å²) in [5.41, 5.74) is 1.14. The smallest absolute Gasteiger partial charge is 0.280 e. The minimum atomic E-state index is -0.0171. The lowest BCUT2D eigenvalue weighted by molar-refractivity contribution is 0.263. The largest absolute Gasteiger partial charge is 0.347 e. The Balaban J connectivity index is 2.29. The molecule has 1 aromatic heterocycles. The number of nitrogens with zero attached hydrogens (tertiary/aromatic N) is 1. The van der Waals surface area contributed by atoms with E-state index in [1.165, 1.54) is 0 Å². The number of carbonyl (C=O) groups excluding carboxylic acids is 1. The van der Waals surface area contributed by atoms with Gasteiger partial charge in [-0.25, -0.2) is 0 Å². The SMILES string of the molecule is O=C(I)NCCc1cccnc1. The van der Waals surface area contributed by atoms with Crippen LogP contribution in [0.2, 0.25) is 0 Å². The highest BCUT2D eigenvalue weighted by Crippen LogP contribution is 1.95. The lowest BCUT2D eigenvalue weighted by Gasteiger charge is -1.99. The summed E-state index contributed by atoms with van der Waals surface area (Å²) in [5.74, 6) is 0. The topological polar surface area (TPSA) is 42.0 Å². The Kier molecular flexibility index (Phi) is 3.99. The summed E-state index contributed by atoms with van der Waals surface area (Å²) in [6, 6.07) is 3.88. The predicted molar refractivity (Wildman–Crippen MR) is 55.4 cm³/mol. The molecule has 1 rings (SSSR count). The van der Waals surface area contributed by atoms with Gasteiger partial charge in [-0.2, -0.15) is 0 Å². The predicted octanol–water partition coefficient (Wildman–Crippen LogP) is 1.77. The molecule has 0 aromatic carbocycles. The summed E-state index contributed by atoms with van der Waals surface area (Å²) >= 11 is 1.72. The van der Waals surface area contributed by atoms with Crippen molar-refractivity contribution in [1.29, 1.82) is 0 Å². The second-order valence-electron chi connectivity index (χ2n) is 2.31. The minimum absolute atomic E-state index is 0.0171. The molecule has 0 unspecified atom stereocenters. The van der Waals surface area contributed by atoms with Crippen LogP contribution in [0.4, 0.5) is 4.79 Å². The van der Waals surface area contributed by atoms with E-state index in [1.807, 2.05) is 12.1 Å². The molecule has 0 bridgehead atoms. The van der Waals surface area contributed by atoms with E-state index in [9.17, 15) is 4.79 Å². The molecule has 12 heavy (non-hydrogen) atoms. The van der Waals surface area contributed by atoms with Crippen molar-refractivity contribution in [3.63, 3.8) is 0 Å². The Morgan fingerprint density at radius 2 is 2.50 bits per heavy atom. The van der Waals surface area contributed by atoms with Crippen LogP contribution in [-0.2, 0) is 6.42 Å². The third kappa shape index (κ3) is 3.66. The molecule has 1 amide bonds. The summed E-state index contributed by atoms with van der Waals surface area (Å²) in [6.07, 6.45) is 4.38. The van der Waals surface area contributed by atoms with E-state index in [1.54, 1.807) is 35.0 Å². The van der Waals surface area contributed by atoms with Gasteiger partial charge in [0.2, 0.25) is 0 Å². The van der Waals surface area contributed by atoms with Crippen molar-refractivity contribution in [3.05, 3.63) is 30.1 Å². The van der Waals surface area contributed by atoms with Crippen molar-refractivity contribution in [2.24, 2.45) is 0 Å². The van der Waals surface area contributed by atoms with Gasteiger partial charge in [-0.05, 0) is 18.1 Å². The standard InChI is InChI=1S/C8H9IN2O/c9-8(12)11-5-3-7-2-1-4-10-6-7/h1-2,4,6H,3,5H2,(H,11,12). The zero-order valence-corrected chi connectivity index (χ0v) is 8.61. The van der Waals surface area contributed by atoms with Gasteiger partial charge in [-0.15, -0.1) is 0 Å². The van der Waals surface area contributed by atoms with Crippen LogP contribution in [0.15, 0.2) is 24.5 Å². The van der Waals surface area contributed by atoms with E-state index >= 15 is 0 Å². The van der Waals surface area contributed by atoms with Crippen LogP contribution in [0.25, 0.3) is 0 Å². The third-order valence-electron chi connectivity index (χ3n) is 1.40. The first kappa shape index (κ1) is 9.44. The monoisotopic (exact) mass is 276 g/mol. The summed E-state index contributed by atoms with van der Waals surface area (Å²) < 4.78 is -0.0171. The van der Waals surface area contributed by atoms with Crippen molar-refractivity contribution in [2.75, 3.05) is 6.54 Å². The number of carbonyl (C=O) groups is 1. The van der Waals surface area contributed by atoms with E-state index in [0.29, 0.717) is 6.54 Å². The van der Waals surface area contributed by atoms with Gasteiger partial charge in [0.15, 0.2) is 0 Å². The minimum Gasteiger partial charge on any atom is -0.347 e. The van der Waals surface area contributed by atoms with Gasteiger partial charge in [0.1, 0.15) is 0 Å². The van der Waals surface area contributed by atoms with Crippen LogP contribution >= 0.6 is 22.6 Å². The fourth-order valence-electron chi connectivity index (χ4n) is 0.851. The van der Waals surface area contributed by atoms with Crippen LogP contribution < -0.4 is 5.32 Å². The molecule has 0 radical (unpaired) electrons. The van der Waals surface area contributed by atoms with Crippen LogP contribution in [0.5, 0.6) is 0 Å². The molecule has 0 saturated carbocycles. The molecule has 0 fully saturated rings. The number of pyridine rings is 1. The number of hydrogen-bond acceptors (Lipinski definition) is 2. The van der Waals surface area contributed by atoms with Crippen molar-refractivity contribution < 1.29 is 4.79 Å². The van der Waals surface area contributed by atoms with Gasteiger partial charge in [0, 0.05) is 41.5 Å². The second-order valence-corrected chi connectivity index (χ2v) is 3.29. The van der Waals surface area contributed by atoms with E-state index in [0.717, 1.165) is 12.0 Å². The van der Waals surface area contributed by atoms with Gasteiger partial charge in [-0.1, -0.05) is 6.07 Å². The molecule has 0 saturated heterocycles. The van der Waals surface area contributed by atoms with Gasteiger partial charge in [0.25, 0.3) is 3.91 Å². The summed E-state index contributed by atoms with van der Waals surface area (Å²) in [7, 11) is 0. The van der Waals surface area contributed by atoms with Crippen molar-refractivity contribution in [1.82, 2.24) is 10.3 Å². The van der Waals surface area contributed by atoms with Crippen LogP contribution in [0.3, 0.4) is 0 Å². The van der Waals surface area contributed by atoms with Gasteiger partial charge in [0.05, 0.1) is 0 Å². The first-order valence-electron chi connectivity index (χ1n) is 3.61. The zero-order valence-electron chi connectivity index (χ0n) is 6.46. The van der Waals surface area contributed by atoms with Crippen LogP contribution in [-0.4, -0.2) is 15.4 Å². The molecule has 0 aliphatic carbocycles. The second kappa shape index (κ2) is 5.08. The molecule has 1 N–H and O–H groups in total. The van der Waals surface area contributed by atoms with Crippen molar-refractivity contribution >= 4 is 26.5 Å². The average molecular weight is 276 g/mol. The number of aromatic nitrogens is 1. The maximum absolute atomic E-state index is 10.5. The first-order valence-corrected chi connectivity index (χ1v) is 4.69. The Morgan fingerprint density at radius 1 is 1.67 bits per heavy atom. The Bertz CT molecular complexity index is 250. The summed E-state index contributed by atoms with van der Waals surface area (Å²) in [5, 5.41) is 2.71. The van der Waals surface area contributed by atoms with E-state index in [4.69, 9.17) is 0 Å². The summed E-state index contributed by atoms with van der Waals surface area (Å²) in [6.45, 7) is 0.674. The molecule has 64 valence electrons. The number of rotatable bonds is 3. The number of hydrogen-bond donors (Lipinski definition) is 1. The first-order chi connectivity index (χ1) is 5.79. The maximum Gasteiger partial charge on any atom is 0.280 e. The Labute approximate surface area is 84.7 Å². The van der Waals surface area contributed by atoms with Crippen molar-refractivity contribution in [3.8, 4) is 0 Å². The molecule has 0 atom stereocenters. The number of amides is 1. The maximum atomic E-state index is 10.5. The number of nitrogens with one attached hydrogen (secondary N) is 1.